The lowest BCUT2D eigenvalue weighted by atomic mass is 9.80. The van der Waals surface area contributed by atoms with Crippen molar-refractivity contribution >= 4 is 12.1 Å². The molecule has 230 valence electrons. The molecule has 1 saturated carbocycles. The van der Waals surface area contributed by atoms with Gasteiger partial charge >= 0.3 is 12.1 Å². The van der Waals surface area contributed by atoms with Crippen LogP contribution >= 0.6 is 0 Å². The average molecular weight is 574 g/mol. The Balaban J connectivity index is 1.77. The van der Waals surface area contributed by atoms with Crippen LogP contribution in [-0.2, 0) is 19.0 Å². The molecule has 41 heavy (non-hydrogen) atoms. The van der Waals surface area contributed by atoms with Crippen molar-refractivity contribution in [3.8, 4) is 0 Å². The first-order valence-electron chi connectivity index (χ1n) is 15.1. The van der Waals surface area contributed by atoms with Crippen LogP contribution in [0, 0.1) is 41.4 Å². The minimum absolute atomic E-state index is 0.00777. The van der Waals surface area contributed by atoms with Gasteiger partial charge in [-0.05, 0) is 37.3 Å². The van der Waals surface area contributed by atoms with Crippen molar-refractivity contribution in [2.75, 3.05) is 0 Å². The third-order valence-electron chi connectivity index (χ3n) is 9.73. The molecule has 4 N–H and O–H groups in total. The van der Waals surface area contributed by atoms with Crippen molar-refractivity contribution in [3.63, 3.8) is 0 Å². The topological polar surface area (TPSA) is 128 Å². The van der Waals surface area contributed by atoms with Gasteiger partial charge < -0.3 is 30.2 Å². The molecule has 0 radical (unpaired) electrons. The number of ether oxygens (including phenoxy) is 3. The maximum atomic E-state index is 12.3. The molecular formula is C33H51NO7. The zero-order valence-corrected chi connectivity index (χ0v) is 25.9. The number of esters is 1. The Bertz CT molecular complexity index is 1060. The van der Waals surface area contributed by atoms with Gasteiger partial charge in [-0.3, -0.25) is 4.79 Å². The lowest BCUT2D eigenvalue weighted by Crippen LogP contribution is -2.48. The lowest BCUT2D eigenvalue weighted by Gasteiger charge is -2.38. The van der Waals surface area contributed by atoms with Crippen molar-refractivity contribution in [2.45, 2.75) is 105 Å². The fraction of sp³-hybridized carbons (Fsp3) is 0.697. The summed E-state index contributed by atoms with van der Waals surface area (Å²) in [7, 11) is 0. The minimum atomic E-state index is -0.859. The molecule has 0 aromatic heterocycles. The van der Waals surface area contributed by atoms with E-state index in [1.807, 2.05) is 33.8 Å². The van der Waals surface area contributed by atoms with E-state index in [1.165, 1.54) is 16.7 Å². The van der Waals surface area contributed by atoms with Gasteiger partial charge in [-0.1, -0.05) is 78.0 Å². The van der Waals surface area contributed by atoms with Gasteiger partial charge in [0.25, 0.3) is 0 Å². The van der Waals surface area contributed by atoms with E-state index in [0.29, 0.717) is 12.8 Å². The van der Waals surface area contributed by atoms with E-state index in [0.717, 1.165) is 0 Å². The van der Waals surface area contributed by atoms with E-state index in [9.17, 15) is 19.8 Å². The minimum Gasteiger partial charge on any atom is -0.462 e. The van der Waals surface area contributed by atoms with Crippen LogP contribution in [0.25, 0.3) is 0 Å². The Hall–Kier alpha value is -2.42. The van der Waals surface area contributed by atoms with E-state index in [2.05, 4.69) is 33.4 Å². The molecule has 0 aromatic rings. The summed E-state index contributed by atoms with van der Waals surface area (Å²) in [5.41, 5.74) is 9.09. The number of rotatable bonds is 11. The predicted molar refractivity (Wildman–Crippen MR) is 159 cm³/mol. The Labute approximate surface area is 245 Å². The summed E-state index contributed by atoms with van der Waals surface area (Å²) >= 11 is 0. The number of hydrogen-bond donors (Lipinski definition) is 3. The van der Waals surface area contributed by atoms with E-state index in [1.54, 1.807) is 19.1 Å². The number of cyclic esters (lactones) is 1. The summed E-state index contributed by atoms with van der Waals surface area (Å²) in [6, 6.07) is 0. The number of carbonyl (C=O) groups is 2. The smallest absolute Gasteiger partial charge is 0.404 e. The van der Waals surface area contributed by atoms with Crippen LogP contribution in [0.3, 0.4) is 0 Å². The monoisotopic (exact) mass is 573 g/mol. The van der Waals surface area contributed by atoms with Crippen LogP contribution in [0.15, 0.2) is 47.6 Å². The van der Waals surface area contributed by atoms with Gasteiger partial charge in [-0.25, -0.2) is 4.79 Å². The first-order valence-corrected chi connectivity index (χ1v) is 15.1. The van der Waals surface area contributed by atoms with Crippen molar-refractivity contribution in [1.82, 2.24) is 0 Å². The van der Waals surface area contributed by atoms with Crippen LogP contribution in [0.1, 0.15) is 68.2 Å². The summed E-state index contributed by atoms with van der Waals surface area (Å²) in [6.07, 6.45) is 5.21. The van der Waals surface area contributed by atoms with Gasteiger partial charge in [-0.2, -0.15) is 0 Å². The van der Waals surface area contributed by atoms with Gasteiger partial charge in [0.1, 0.15) is 12.2 Å². The van der Waals surface area contributed by atoms with Gasteiger partial charge in [0, 0.05) is 36.0 Å². The molecule has 8 nitrogen and oxygen atoms in total. The number of aliphatic hydroxyl groups excluding tert-OH is 2. The van der Waals surface area contributed by atoms with Crippen LogP contribution in [0.2, 0.25) is 0 Å². The number of allylic oxidation sites excluding steroid dienone is 3. The fourth-order valence-corrected chi connectivity index (χ4v) is 7.25. The second-order valence-corrected chi connectivity index (χ2v) is 12.8. The van der Waals surface area contributed by atoms with Crippen molar-refractivity contribution in [3.05, 3.63) is 47.6 Å². The van der Waals surface area contributed by atoms with Crippen LogP contribution in [-0.4, -0.2) is 58.9 Å². The highest BCUT2D eigenvalue weighted by molar-refractivity contribution is 5.73. The quantitative estimate of drug-likeness (QED) is 0.232. The third kappa shape index (κ3) is 7.15. The van der Waals surface area contributed by atoms with Gasteiger partial charge in [-0.15, -0.1) is 0 Å². The zero-order valence-electron chi connectivity index (χ0n) is 25.9. The van der Waals surface area contributed by atoms with Gasteiger partial charge in [0.15, 0.2) is 0 Å². The van der Waals surface area contributed by atoms with E-state index >= 15 is 0 Å². The SMILES string of the molecule is C=C/C=C\[C@H](C)[C@H](OC(N)=O)[C@@H](C)[C@H](O)[C@@H](C)C/C(C)=C1\C2=C[C@@H](C[C@@H]3OC(=O)[C@H](C)[C@@H](O)[C@H]3C)O[C@@H]([C@H]2C)[C@H]1C. The second kappa shape index (κ2) is 13.7. The second-order valence-electron chi connectivity index (χ2n) is 12.8. The molecule has 2 bridgehead atoms. The molecule has 1 aliphatic carbocycles. The maximum Gasteiger partial charge on any atom is 0.404 e. The summed E-state index contributed by atoms with van der Waals surface area (Å²) < 4.78 is 17.7. The standard InChI is InChI=1S/C33H51NO7/c1-10-11-12-16(2)30(41-33(34)38)22(8)28(35)18(4)13-17(3)27-21(7)31-19(5)25(27)14-24(39-31)15-26-20(6)29(36)23(9)32(37)40-26/h10-12,14,16,18-24,26,28-31,35-36H,1,13,15H2,2-9H3,(H2,34,38)/b12-11-,27-17-/t16-,18-,19-,20-,21-,22-,23+,24-,26-,28+,29-,30-,31-/m0/s1. The molecule has 8 heteroatoms. The van der Waals surface area contributed by atoms with Gasteiger partial charge in [0.05, 0.1) is 30.3 Å². The van der Waals surface area contributed by atoms with Crippen LogP contribution in [0.5, 0.6) is 0 Å². The number of aliphatic hydroxyl groups is 2. The number of amides is 1. The highest BCUT2D eigenvalue weighted by atomic mass is 16.6. The largest absolute Gasteiger partial charge is 0.462 e. The molecule has 1 saturated heterocycles. The number of carbonyl (C=O) groups excluding carboxylic acids is 2. The summed E-state index contributed by atoms with van der Waals surface area (Å²) in [5.74, 6) is -1.24. The molecule has 2 heterocycles. The van der Waals surface area contributed by atoms with Crippen LogP contribution in [0.4, 0.5) is 4.79 Å². The highest BCUT2D eigenvalue weighted by Gasteiger charge is 2.47. The number of primary amides is 1. The summed E-state index contributed by atoms with van der Waals surface area (Å²) in [6.45, 7) is 19.6. The fourth-order valence-electron chi connectivity index (χ4n) is 7.25. The van der Waals surface area contributed by atoms with E-state index in [-0.39, 0.29) is 53.7 Å². The Morgan fingerprint density at radius 2 is 1.83 bits per heavy atom. The van der Waals surface area contributed by atoms with Gasteiger partial charge in [0.2, 0.25) is 0 Å². The Kier molecular flexibility index (Phi) is 11.1. The van der Waals surface area contributed by atoms with Crippen molar-refractivity contribution < 1.29 is 34.0 Å². The zero-order chi connectivity index (χ0) is 30.8. The Morgan fingerprint density at radius 3 is 2.44 bits per heavy atom. The molecule has 3 rings (SSSR count). The summed E-state index contributed by atoms with van der Waals surface area (Å²) in [4.78, 5) is 23.9. The molecule has 2 aliphatic heterocycles. The maximum absolute atomic E-state index is 12.3. The molecule has 13 atom stereocenters. The predicted octanol–water partition coefficient (Wildman–Crippen LogP) is 5.10. The van der Waals surface area contributed by atoms with Crippen LogP contribution < -0.4 is 5.73 Å². The van der Waals surface area contributed by atoms with E-state index in [4.69, 9.17) is 19.9 Å². The normalized spacial score (nSPS) is 36.5. The first kappa shape index (κ1) is 33.1. The molecule has 0 spiro atoms. The molecule has 2 fully saturated rings. The number of fused-ring (bicyclic) bond motifs is 2. The first-order chi connectivity index (χ1) is 19.2. The van der Waals surface area contributed by atoms with E-state index < -0.39 is 36.4 Å². The molecule has 1 amide bonds. The highest BCUT2D eigenvalue weighted by Crippen LogP contribution is 2.49. The molecule has 0 unspecified atom stereocenters. The summed E-state index contributed by atoms with van der Waals surface area (Å²) in [5, 5.41) is 21.9. The Morgan fingerprint density at radius 1 is 1.17 bits per heavy atom. The molecule has 3 aliphatic rings. The van der Waals surface area contributed by atoms with Crippen molar-refractivity contribution in [1.29, 1.82) is 0 Å². The third-order valence-corrected chi connectivity index (χ3v) is 9.73. The number of hydrogen-bond acceptors (Lipinski definition) is 7. The van der Waals surface area contributed by atoms with Crippen molar-refractivity contribution in [2.24, 2.45) is 47.2 Å². The average Bonchev–Trinajstić information content (AvgIpc) is 3.04. The molecular weight excluding hydrogens is 522 g/mol. The number of nitrogens with two attached hydrogens (primary N) is 1. The lowest BCUT2D eigenvalue weighted by molar-refractivity contribution is -0.181. The molecule has 0 aromatic carbocycles.